The number of likely N-dealkylation sites (tertiary alicyclic amines) is 1. The molecule has 2 aromatic carbocycles. The lowest BCUT2D eigenvalue weighted by molar-refractivity contribution is 0.148. The van der Waals surface area contributed by atoms with E-state index in [2.05, 4.69) is 50.0 Å². The maximum Gasteiger partial charge on any atom is 0.259 e. The maximum absolute atomic E-state index is 9.28. The van der Waals surface area contributed by atoms with E-state index >= 15 is 0 Å². The van der Waals surface area contributed by atoms with Gasteiger partial charge in [-0.25, -0.2) is 9.97 Å². The Hall–Kier alpha value is -3.80. The topological polar surface area (TPSA) is 79.3 Å². The highest BCUT2D eigenvalue weighted by Gasteiger charge is 2.22. The Bertz CT molecular complexity index is 1550. The second-order valence-electron chi connectivity index (χ2n) is 9.08. The van der Waals surface area contributed by atoms with Crippen molar-refractivity contribution in [3.8, 4) is 34.5 Å². The number of rotatable bonds is 5. The summed E-state index contributed by atoms with van der Waals surface area (Å²) in [6.07, 6.45) is 7.98. The molecule has 0 unspecified atom stereocenters. The van der Waals surface area contributed by atoms with Gasteiger partial charge >= 0.3 is 0 Å². The fourth-order valence-electron chi connectivity index (χ4n) is 4.86. The summed E-state index contributed by atoms with van der Waals surface area (Å²) < 4.78 is 13.9. The fourth-order valence-corrected chi connectivity index (χ4v) is 5.49. The molecule has 6 rings (SSSR count). The lowest BCUT2D eigenvalue weighted by atomic mass is 10.00. The minimum atomic E-state index is 0.470. The third-order valence-electron chi connectivity index (χ3n) is 6.60. The first-order valence-corrected chi connectivity index (χ1v) is 12.5. The predicted molar refractivity (Wildman–Crippen MR) is 137 cm³/mol. The van der Waals surface area contributed by atoms with Crippen molar-refractivity contribution in [2.45, 2.75) is 12.8 Å². The van der Waals surface area contributed by atoms with Gasteiger partial charge in [0, 0.05) is 47.6 Å². The van der Waals surface area contributed by atoms with Crippen molar-refractivity contribution in [1.82, 2.24) is 23.6 Å². The molecule has 0 spiro atoms. The SMILES string of the molecule is CN1CCC[C@@H](COc2nc(-c3ccc(C#N)cc3)c(-c3ccc4sncc4c3)n3ccnc23)C1. The number of ether oxygens (including phenoxy) is 1. The minimum Gasteiger partial charge on any atom is -0.475 e. The lowest BCUT2D eigenvalue weighted by Gasteiger charge is -2.29. The molecule has 1 fully saturated rings. The Morgan fingerprint density at radius 2 is 2.03 bits per heavy atom. The molecule has 174 valence electrons. The maximum atomic E-state index is 9.28. The minimum absolute atomic E-state index is 0.470. The quantitative estimate of drug-likeness (QED) is 0.341. The molecule has 8 heteroatoms. The van der Waals surface area contributed by atoms with Crippen molar-refractivity contribution < 1.29 is 4.74 Å². The molecule has 1 aliphatic rings. The van der Waals surface area contributed by atoms with Crippen LogP contribution in [-0.4, -0.2) is 50.4 Å². The average Bonchev–Trinajstić information content (AvgIpc) is 3.56. The predicted octanol–water partition coefficient (Wildman–Crippen LogP) is 5.27. The van der Waals surface area contributed by atoms with Gasteiger partial charge in [0.1, 0.15) is 0 Å². The van der Waals surface area contributed by atoms with Crippen LogP contribution in [0.25, 0.3) is 38.2 Å². The van der Waals surface area contributed by atoms with E-state index in [1.54, 1.807) is 6.20 Å². The van der Waals surface area contributed by atoms with Gasteiger partial charge < -0.3 is 9.64 Å². The van der Waals surface area contributed by atoms with Crippen LogP contribution < -0.4 is 4.74 Å². The Balaban J connectivity index is 1.49. The van der Waals surface area contributed by atoms with Gasteiger partial charge in [0.2, 0.25) is 5.65 Å². The number of nitrogens with zero attached hydrogens (tertiary/aromatic N) is 6. The standard InChI is InChI=1S/C27H24N6OS/c1-32-11-2-3-19(16-32)17-34-27-26-29-10-12-33(26)25(21-8-9-23-22(13-21)15-30-35-23)24(31-27)20-6-4-18(14-28)5-7-20/h4-10,12-13,15,19H,2-3,11,16-17H2,1H3/t19-/m1/s1. The van der Waals surface area contributed by atoms with E-state index in [1.807, 2.05) is 36.7 Å². The molecular weight excluding hydrogens is 456 g/mol. The third kappa shape index (κ3) is 4.14. The summed E-state index contributed by atoms with van der Waals surface area (Å²) in [6, 6.07) is 16.1. The van der Waals surface area contributed by atoms with Crippen molar-refractivity contribution in [2.75, 3.05) is 26.7 Å². The molecular formula is C27H24N6OS. The van der Waals surface area contributed by atoms with Crippen LogP contribution in [0, 0.1) is 17.2 Å². The number of imidazole rings is 1. The normalized spacial score (nSPS) is 16.5. The van der Waals surface area contributed by atoms with Crippen LogP contribution in [0.2, 0.25) is 0 Å². The largest absolute Gasteiger partial charge is 0.475 e. The molecule has 1 aliphatic heterocycles. The van der Waals surface area contributed by atoms with Crippen LogP contribution in [0.5, 0.6) is 5.88 Å². The van der Waals surface area contributed by atoms with Crippen molar-refractivity contribution >= 4 is 27.3 Å². The van der Waals surface area contributed by atoms with Crippen LogP contribution in [0.3, 0.4) is 0 Å². The summed E-state index contributed by atoms with van der Waals surface area (Å²) in [4.78, 5) is 12.0. The van der Waals surface area contributed by atoms with Crippen LogP contribution in [0.1, 0.15) is 18.4 Å². The Morgan fingerprint density at radius 1 is 1.17 bits per heavy atom. The monoisotopic (exact) mass is 480 g/mol. The van der Waals surface area contributed by atoms with Crippen LogP contribution in [-0.2, 0) is 0 Å². The Labute approximate surface area is 207 Å². The summed E-state index contributed by atoms with van der Waals surface area (Å²) in [6.45, 7) is 2.78. The van der Waals surface area contributed by atoms with E-state index < -0.39 is 0 Å². The summed E-state index contributed by atoms with van der Waals surface area (Å²) in [5.74, 6) is 1.00. The van der Waals surface area contributed by atoms with Crippen LogP contribution >= 0.6 is 11.5 Å². The number of hydrogen-bond acceptors (Lipinski definition) is 7. The summed E-state index contributed by atoms with van der Waals surface area (Å²) in [5.41, 5.74) is 4.97. The first-order valence-electron chi connectivity index (χ1n) is 11.7. The number of hydrogen-bond donors (Lipinski definition) is 0. The summed E-state index contributed by atoms with van der Waals surface area (Å²) in [7, 11) is 2.16. The highest BCUT2D eigenvalue weighted by Crippen LogP contribution is 2.36. The Kier molecular flexibility index (Phi) is 5.64. The first-order chi connectivity index (χ1) is 17.2. The molecule has 7 nitrogen and oxygen atoms in total. The molecule has 3 aromatic heterocycles. The van der Waals surface area contributed by atoms with E-state index in [0.29, 0.717) is 29.6 Å². The van der Waals surface area contributed by atoms with Gasteiger partial charge in [-0.15, -0.1) is 0 Å². The van der Waals surface area contributed by atoms with E-state index in [1.165, 1.54) is 18.0 Å². The highest BCUT2D eigenvalue weighted by atomic mass is 32.1. The van der Waals surface area contributed by atoms with E-state index in [4.69, 9.17) is 9.72 Å². The van der Waals surface area contributed by atoms with Gasteiger partial charge in [-0.1, -0.05) is 18.2 Å². The molecule has 0 saturated carbocycles. The zero-order valence-corrected chi connectivity index (χ0v) is 20.2. The molecule has 0 aliphatic carbocycles. The van der Waals surface area contributed by atoms with Crippen molar-refractivity contribution in [3.05, 3.63) is 66.6 Å². The molecule has 4 heterocycles. The third-order valence-corrected chi connectivity index (χ3v) is 7.38. The van der Waals surface area contributed by atoms with Gasteiger partial charge in [-0.2, -0.15) is 9.64 Å². The second-order valence-corrected chi connectivity index (χ2v) is 9.92. The summed E-state index contributed by atoms with van der Waals surface area (Å²) in [5, 5.41) is 10.4. The van der Waals surface area contributed by atoms with Crippen molar-refractivity contribution in [1.29, 1.82) is 5.26 Å². The molecule has 1 saturated heterocycles. The first kappa shape index (κ1) is 21.7. The number of piperidine rings is 1. The number of benzene rings is 2. The molecule has 0 bridgehead atoms. The lowest BCUT2D eigenvalue weighted by Crippen LogP contribution is -2.34. The fraction of sp³-hybridized carbons (Fsp3) is 0.259. The van der Waals surface area contributed by atoms with E-state index in [0.717, 1.165) is 52.1 Å². The molecule has 0 radical (unpaired) electrons. The van der Waals surface area contributed by atoms with Crippen LogP contribution in [0.15, 0.2) is 61.1 Å². The zero-order valence-electron chi connectivity index (χ0n) is 19.4. The van der Waals surface area contributed by atoms with E-state index in [-0.39, 0.29) is 0 Å². The number of fused-ring (bicyclic) bond motifs is 2. The van der Waals surface area contributed by atoms with Crippen molar-refractivity contribution in [3.63, 3.8) is 0 Å². The molecule has 0 N–H and O–H groups in total. The zero-order chi connectivity index (χ0) is 23.8. The van der Waals surface area contributed by atoms with E-state index in [9.17, 15) is 5.26 Å². The highest BCUT2D eigenvalue weighted by molar-refractivity contribution is 7.13. The van der Waals surface area contributed by atoms with Gasteiger partial charge in [0.15, 0.2) is 0 Å². The number of nitriles is 1. The molecule has 5 aromatic rings. The number of aromatic nitrogens is 4. The molecule has 0 amide bonds. The van der Waals surface area contributed by atoms with Gasteiger partial charge in [-0.3, -0.25) is 4.40 Å². The molecule has 1 atom stereocenters. The van der Waals surface area contributed by atoms with Gasteiger partial charge in [-0.05, 0) is 62.2 Å². The molecule has 35 heavy (non-hydrogen) atoms. The smallest absolute Gasteiger partial charge is 0.259 e. The Morgan fingerprint density at radius 3 is 2.86 bits per heavy atom. The van der Waals surface area contributed by atoms with Gasteiger partial charge in [0.25, 0.3) is 5.88 Å². The van der Waals surface area contributed by atoms with Crippen molar-refractivity contribution in [2.24, 2.45) is 5.92 Å². The van der Waals surface area contributed by atoms with Gasteiger partial charge in [0.05, 0.1) is 34.3 Å². The van der Waals surface area contributed by atoms with Crippen LogP contribution in [0.4, 0.5) is 0 Å². The summed E-state index contributed by atoms with van der Waals surface area (Å²) >= 11 is 1.48. The second kappa shape index (κ2) is 9.10. The average molecular weight is 481 g/mol.